The van der Waals surface area contributed by atoms with Crippen molar-refractivity contribution >= 4 is 11.8 Å². The van der Waals surface area contributed by atoms with Crippen LogP contribution in [-0.4, -0.2) is 42.4 Å². The van der Waals surface area contributed by atoms with Crippen LogP contribution >= 0.6 is 0 Å². The molecule has 0 saturated carbocycles. The van der Waals surface area contributed by atoms with E-state index < -0.39 is 5.97 Å². The molecule has 0 aliphatic carbocycles. The average Bonchev–Trinajstić information content (AvgIpc) is 2.33. The number of hydrogen-bond acceptors (Lipinski definition) is 4. The molecule has 0 aromatic carbocycles. The Hall–Kier alpha value is -0.900. The van der Waals surface area contributed by atoms with Crippen molar-refractivity contribution in [2.45, 2.75) is 59.4 Å². The number of Topliss-reactive ketones (excluding diaryl/α,β-unsaturated/α-hetero) is 1. The van der Waals surface area contributed by atoms with E-state index in [4.69, 9.17) is 4.74 Å². The van der Waals surface area contributed by atoms with Gasteiger partial charge in [0.2, 0.25) is 0 Å². The second kappa shape index (κ2) is 10.1. The van der Waals surface area contributed by atoms with E-state index >= 15 is 0 Å². The number of ketones is 1. The number of unbranched alkanes of at least 4 members (excludes halogenated alkanes) is 1. The minimum atomic E-state index is -0.415. The van der Waals surface area contributed by atoms with Crippen LogP contribution in [0.5, 0.6) is 0 Å². The van der Waals surface area contributed by atoms with Crippen molar-refractivity contribution in [2.75, 3.05) is 19.7 Å². The maximum atomic E-state index is 11.8. The summed E-state index contributed by atoms with van der Waals surface area (Å²) in [5.74, 6) is -0.466. The minimum absolute atomic E-state index is 0.0511. The zero-order valence-electron chi connectivity index (χ0n) is 12.2. The van der Waals surface area contributed by atoms with Gasteiger partial charge in [-0.15, -0.1) is 0 Å². The Morgan fingerprint density at radius 3 is 2.39 bits per heavy atom. The van der Waals surface area contributed by atoms with Gasteiger partial charge >= 0.3 is 5.97 Å². The number of nitrogens with zero attached hydrogens (tertiary/aromatic N) is 1. The van der Waals surface area contributed by atoms with Crippen LogP contribution in [0.4, 0.5) is 0 Å². The third kappa shape index (κ3) is 7.43. The van der Waals surface area contributed by atoms with Crippen molar-refractivity contribution in [3.8, 4) is 0 Å². The van der Waals surface area contributed by atoms with Crippen LogP contribution in [0.3, 0.4) is 0 Å². The molecule has 0 aliphatic heterocycles. The summed E-state index contributed by atoms with van der Waals surface area (Å²) < 4.78 is 4.78. The zero-order valence-corrected chi connectivity index (χ0v) is 12.2. The Kier molecular flexibility index (Phi) is 9.56. The number of hydrogen-bond donors (Lipinski definition) is 0. The minimum Gasteiger partial charge on any atom is -0.466 e. The molecular weight excluding hydrogens is 230 g/mol. The first-order valence-electron chi connectivity index (χ1n) is 6.96. The Balaban J connectivity index is 4.21. The molecule has 0 fully saturated rings. The molecule has 4 heteroatoms. The molecule has 0 amide bonds. The molecule has 18 heavy (non-hydrogen) atoms. The van der Waals surface area contributed by atoms with Gasteiger partial charge in [-0.2, -0.15) is 0 Å². The Morgan fingerprint density at radius 2 is 1.89 bits per heavy atom. The first-order valence-corrected chi connectivity index (χ1v) is 6.96. The maximum absolute atomic E-state index is 11.8. The molecule has 0 spiro atoms. The fraction of sp³-hybridized carbons (Fsp3) is 0.857. The molecule has 0 bridgehead atoms. The molecule has 0 aromatic heterocycles. The molecule has 0 N–H and O–H groups in total. The number of ether oxygens (including phenoxy) is 1. The van der Waals surface area contributed by atoms with Gasteiger partial charge in [0.1, 0.15) is 6.42 Å². The van der Waals surface area contributed by atoms with Gasteiger partial charge in [-0.3, -0.25) is 14.5 Å². The lowest BCUT2D eigenvalue weighted by atomic mass is 10.1. The zero-order chi connectivity index (χ0) is 14.0. The van der Waals surface area contributed by atoms with Crippen LogP contribution in [0, 0.1) is 0 Å². The highest BCUT2D eigenvalue weighted by Crippen LogP contribution is 2.06. The fourth-order valence-corrected chi connectivity index (χ4v) is 1.73. The number of rotatable bonds is 10. The first kappa shape index (κ1) is 17.1. The highest BCUT2D eigenvalue weighted by Gasteiger charge is 2.17. The molecule has 0 rings (SSSR count). The molecular formula is C14H27NO3. The smallest absolute Gasteiger partial charge is 0.313 e. The van der Waals surface area contributed by atoms with E-state index in [1.54, 1.807) is 6.92 Å². The average molecular weight is 257 g/mol. The van der Waals surface area contributed by atoms with Crippen LogP contribution in [0.1, 0.15) is 53.4 Å². The van der Waals surface area contributed by atoms with Gasteiger partial charge in [0.25, 0.3) is 0 Å². The molecule has 0 aliphatic rings. The van der Waals surface area contributed by atoms with E-state index in [-0.39, 0.29) is 12.2 Å². The lowest BCUT2D eigenvalue weighted by Gasteiger charge is -2.27. The third-order valence-corrected chi connectivity index (χ3v) is 3.04. The van der Waals surface area contributed by atoms with E-state index in [0.29, 0.717) is 19.2 Å². The van der Waals surface area contributed by atoms with Crippen LogP contribution in [0.15, 0.2) is 0 Å². The summed E-state index contributed by atoms with van der Waals surface area (Å²) in [7, 11) is 0. The molecule has 106 valence electrons. The fourth-order valence-electron chi connectivity index (χ4n) is 1.73. The van der Waals surface area contributed by atoms with Crippen molar-refractivity contribution in [1.29, 1.82) is 0 Å². The normalized spacial score (nSPS) is 12.5. The highest BCUT2D eigenvalue weighted by atomic mass is 16.5. The van der Waals surface area contributed by atoms with Gasteiger partial charge in [-0.1, -0.05) is 20.3 Å². The summed E-state index contributed by atoms with van der Waals surface area (Å²) in [6, 6.07) is 0.377. The summed E-state index contributed by atoms with van der Waals surface area (Å²) >= 11 is 0. The van der Waals surface area contributed by atoms with Gasteiger partial charge in [0.15, 0.2) is 5.78 Å². The quantitative estimate of drug-likeness (QED) is 0.445. The standard InChI is InChI=1S/C14H27NO3/c1-5-8-9-15(12(4)6-2)11-13(16)10-14(17)18-7-3/h12H,5-11H2,1-4H3. The molecule has 0 aromatic rings. The van der Waals surface area contributed by atoms with Crippen molar-refractivity contribution in [3.05, 3.63) is 0 Å². The summed E-state index contributed by atoms with van der Waals surface area (Å²) in [5, 5.41) is 0. The number of esters is 1. The van der Waals surface area contributed by atoms with Crippen molar-refractivity contribution in [1.82, 2.24) is 4.90 Å². The Bertz CT molecular complexity index is 253. The SMILES string of the molecule is CCCCN(CC(=O)CC(=O)OCC)C(C)CC. The van der Waals surface area contributed by atoms with E-state index in [1.165, 1.54) is 0 Å². The van der Waals surface area contributed by atoms with Crippen molar-refractivity contribution < 1.29 is 14.3 Å². The van der Waals surface area contributed by atoms with Gasteiger partial charge < -0.3 is 4.74 Å². The molecule has 1 unspecified atom stereocenters. The summed E-state index contributed by atoms with van der Waals surface area (Å²) in [6.07, 6.45) is 3.10. The molecule has 4 nitrogen and oxygen atoms in total. The summed E-state index contributed by atoms with van der Waals surface area (Å²) in [5.41, 5.74) is 0. The van der Waals surface area contributed by atoms with Gasteiger partial charge in [-0.25, -0.2) is 0 Å². The van der Waals surface area contributed by atoms with Crippen LogP contribution < -0.4 is 0 Å². The molecule has 1 atom stereocenters. The topological polar surface area (TPSA) is 46.6 Å². The lowest BCUT2D eigenvalue weighted by molar-refractivity contribution is -0.145. The Morgan fingerprint density at radius 1 is 1.22 bits per heavy atom. The van der Waals surface area contributed by atoms with Crippen molar-refractivity contribution in [2.24, 2.45) is 0 Å². The predicted molar refractivity (Wildman–Crippen MR) is 72.5 cm³/mol. The van der Waals surface area contributed by atoms with Gasteiger partial charge in [-0.05, 0) is 33.2 Å². The number of carbonyl (C=O) groups excluding carboxylic acids is 2. The second-order valence-corrected chi connectivity index (χ2v) is 4.60. The van der Waals surface area contributed by atoms with Gasteiger partial charge in [0, 0.05) is 6.04 Å². The molecule has 0 heterocycles. The monoisotopic (exact) mass is 257 g/mol. The molecule has 0 saturated heterocycles. The predicted octanol–water partition coefficient (Wildman–Crippen LogP) is 2.41. The van der Waals surface area contributed by atoms with E-state index in [0.717, 1.165) is 25.8 Å². The highest BCUT2D eigenvalue weighted by molar-refractivity contribution is 5.96. The van der Waals surface area contributed by atoms with Crippen LogP contribution in [0.25, 0.3) is 0 Å². The molecule has 0 radical (unpaired) electrons. The van der Waals surface area contributed by atoms with Crippen molar-refractivity contribution in [3.63, 3.8) is 0 Å². The first-order chi connectivity index (χ1) is 8.54. The summed E-state index contributed by atoms with van der Waals surface area (Å²) in [4.78, 5) is 25.2. The number of carbonyl (C=O) groups is 2. The lowest BCUT2D eigenvalue weighted by Crippen LogP contribution is -2.38. The summed E-state index contributed by atoms with van der Waals surface area (Å²) in [6.45, 7) is 9.71. The maximum Gasteiger partial charge on any atom is 0.313 e. The largest absolute Gasteiger partial charge is 0.466 e. The van der Waals surface area contributed by atoms with Gasteiger partial charge in [0.05, 0.1) is 13.2 Å². The third-order valence-electron chi connectivity index (χ3n) is 3.04. The Labute approximate surface area is 111 Å². The van der Waals surface area contributed by atoms with E-state index in [9.17, 15) is 9.59 Å². The van der Waals surface area contributed by atoms with Crippen LogP contribution in [-0.2, 0) is 14.3 Å². The second-order valence-electron chi connectivity index (χ2n) is 4.60. The van der Waals surface area contributed by atoms with E-state index in [2.05, 4.69) is 25.7 Å². The van der Waals surface area contributed by atoms with Crippen LogP contribution in [0.2, 0.25) is 0 Å². The van der Waals surface area contributed by atoms with E-state index in [1.807, 2.05) is 0 Å².